The molecule has 0 aromatic rings. The third-order valence-electron chi connectivity index (χ3n) is 0. The van der Waals surface area contributed by atoms with Crippen molar-refractivity contribution in [2.24, 2.45) is 0 Å². The van der Waals surface area contributed by atoms with Gasteiger partial charge in [-0.25, -0.2) is 0 Å². The molecule has 0 aliphatic rings. The Labute approximate surface area is 84.2 Å². The summed E-state index contributed by atoms with van der Waals surface area (Å²) in [6.45, 7) is 6.75. The first-order valence-electron chi connectivity index (χ1n) is 1.000. The summed E-state index contributed by atoms with van der Waals surface area (Å²) in [5, 5.41) is 0. The number of rotatable bonds is 0. The fraction of sp³-hybridized carbons (Fsp3) is 0.333. The van der Waals surface area contributed by atoms with Gasteiger partial charge in [-0.05, 0) is 0 Å². The van der Waals surface area contributed by atoms with Crippen molar-refractivity contribution in [3.63, 3.8) is 0 Å². The van der Waals surface area contributed by atoms with Gasteiger partial charge in [0, 0.05) is 65.4 Å². The predicted molar refractivity (Wildman–Crippen MR) is 15.3 cm³/mol. The molecule has 0 atom stereocenters. The molecule has 0 aromatic carbocycles. The van der Waals surface area contributed by atoms with Crippen molar-refractivity contribution in [3.05, 3.63) is 13.8 Å². The van der Waals surface area contributed by atoms with Crippen LogP contribution in [0.3, 0.4) is 0 Å². The normalized spacial score (nSPS) is 3.60. The molecule has 0 aliphatic carbocycles. The number of hydrogen-bond acceptors (Lipinski definition) is 0. The Bertz CT molecular complexity index is 4.85. The Morgan fingerprint density at radius 2 is 1.00 bits per heavy atom. The van der Waals surface area contributed by atoms with Crippen molar-refractivity contribution in [2.75, 3.05) is 0 Å². The van der Waals surface area contributed by atoms with E-state index >= 15 is 0 Å². The molecule has 0 heterocycles. The van der Waals surface area contributed by atoms with Crippen LogP contribution < -0.4 is 0 Å². The monoisotopic (exact) mass is 220 g/mol. The fourth-order valence-corrected chi connectivity index (χ4v) is 0. The zero-order valence-corrected chi connectivity index (χ0v) is 8.95. The van der Waals surface area contributed by atoms with E-state index in [0.29, 0.717) is 0 Å². The van der Waals surface area contributed by atoms with Gasteiger partial charge in [-0.2, -0.15) is 0 Å². The van der Waals surface area contributed by atoms with Crippen LogP contribution in [-0.4, -0.2) is 0 Å². The molecule has 0 unspecified atom stereocenters. The summed E-state index contributed by atoms with van der Waals surface area (Å²) >= 11 is 0. The smallest absolute Gasteiger partial charge is 0 e. The molecule has 0 fully saturated rings. The molecule has 5 heavy (non-hydrogen) atoms. The second kappa shape index (κ2) is 16.4. The van der Waals surface area contributed by atoms with Gasteiger partial charge in [-0.1, -0.05) is 0 Å². The topological polar surface area (TPSA) is 0 Å². The minimum absolute atomic E-state index is 0. The van der Waals surface area contributed by atoms with Crippen LogP contribution in [0.4, 0.5) is 0 Å². The Balaban J connectivity index is -0.0000000200. The Morgan fingerprint density at radius 1 is 1.00 bits per heavy atom. The van der Waals surface area contributed by atoms with E-state index in [0.717, 1.165) is 6.42 Å². The second-order valence-electron chi connectivity index (χ2n) is 0.354. The van der Waals surface area contributed by atoms with Crippen molar-refractivity contribution < 1.29 is 65.4 Å². The SMILES string of the molecule is [CH2-]C[CH2-].[Y].[Y]. The molecule has 0 N–H and O–H groups in total. The van der Waals surface area contributed by atoms with Gasteiger partial charge < -0.3 is 20.3 Å². The molecule has 26 valence electrons. The summed E-state index contributed by atoms with van der Waals surface area (Å²) < 4.78 is 0. The van der Waals surface area contributed by atoms with Gasteiger partial charge in [0.15, 0.2) is 0 Å². The van der Waals surface area contributed by atoms with E-state index in [9.17, 15) is 0 Å². The van der Waals surface area contributed by atoms with E-state index in [2.05, 4.69) is 13.8 Å². The van der Waals surface area contributed by atoms with E-state index < -0.39 is 0 Å². The van der Waals surface area contributed by atoms with Crippen molar-refractivity contribution in [1.82, 2.24) is 0 Å². The maximum Gasteiger partial charge on any atom is 0 e. The Kier molecular flexibility index (Phi) is 51.3. The molecule has 0 saturated carbocycles. The molecule has 2 heteroatoms. The number of hydrogen-bond donors (Lipinski definition) is 0. The Hall–Kier alpha value is 2.21. The van der Waals surface area contributed by atoms with Crippen LogP contribution in [0, 0.1) is 13.8 Å². The molecule has 0 amide bonds. The molecule has 0 saturated heterocycles. The van der Waals surface area contributed by atoms with Crippen LogP contribution in [0.1, 0.15) is 6.42 Å². The molecule has 0 aliphatic heterocycles. The van der Waals surface area contributed by atoms with E-state index in [1.54, 1.807) is 0 Å². The Morgan fingerprint density at radius 3 is 1.00 bits per heavy atom. The zero-order valence-electron chi connectivity index (χ0n) is 3.28. The van der Waals surface area contributed by atoms with E-state index in [4.69, 9.17) is 0 Å². The summed E-state index contributed by atoms with van der Waals surface area (Å²) in [6.07, 6.45) is 0.750. The van der Waals surface area contributed by atoms with Crippen LogP contribution in [-0.2, 0) is 65.4 Å². The molecular weight excluding hydrogens is 214 g/mol. The first-order chi connectivity index (χ1) is 1.41. The molecule has 2 radical (unpaired) electrons. The van der Waals surface area contributed by atoms with Crippen molar-refractivity contribution in [2.45, 2.75) is 6.42 Å². The molecule has 0 spiro atoms. The van der Waals surface area contributed by atoms with Gasteiger partial charge >= 0.3 is 0 Å². The van der Waals surface area contributed by atoms with E-state index in [1.807, 2.05) is 0 Å². The summed E-state index contributed by atoms with van der Waals surface area (Å²) in [4.78, 5) is 0. The van der Waals surface area contributed by atoms with Gasteiger partial charge in [0.1, 0.15) is 0 Å². The molecule has 0 aromatic heterocycles. The van der Waals surface area contributed by atoms with Gasteiger partial charge in [0.05, 0.1) is 0 Å². The maximum absolute atomic E-state index is 3.38. The molecule has 0 nitrogen and oxygen atoms in total. The summed E-state index contributed by atoms with van der Waals surface area (Å²) in [6, 6.07) is 0. The quantitative estimate of drug-likeness (QED) is 0.535. The third kappa shape index (κ3) is 22.5. The standard InChI is InChI=1S/C3H6.2Y/c1-3-2;;/h1-3H2;;/q-2;;. The molecule has 0 rings (SSSR count). The van der Waals surface area contributed by atoms with Crippen LogP contribution in [0.2, 0.25) is 0 Å². The van der Waals surface area contributed by atoms with Crippen molar-refractivity contribution >= 4 is 0 Å². The maximum atomic E-state index is 3.38. The summed E-state index contributed by atoms with van der Waals surface area (Å²) in [5.74, 6) is 0. The third-order valence-corrected chi connectivity index (χ3v) is 0. The van der Waals surface area contributed by atoms with Crippen LogP contribution in [0.15, 0.2) is 0 Å². The van der Waals surface area contributed by atoms with Gasteiger partial charge in [0.2, 0.25) is 0 Å². The van der Waals surface area contributed by atoms with Crippen LogP contribution in [0.5, 0.6) is 0 Å². The zero-order chi connectivity index (χ0) is 2.71. The first kappa shape index (κ1) is 15.7. The van der Waals surface area contributed by atoms with Crippen LogP contribution >= 0.6 is 0 Å². The van der Waals surface area contributed by atoms with Crippen molar-refractivity contribution in [1.29, 1.82) is 0 Å². The predicted octanol–water partition coefficient (Wildman–Crippen LogP) is 1.04. The van der Waals surface area contributed by atoms with E-state index in [-0.39, 0.29) is 65.4 Å². The fourth-order valence-electron chi connectivity index (χ4n) is 0. The summed E-state index contributed by atoms with van der Waals surface area (Å²) in [5.41, 5.74) is 0. The molecular formula is C3H6Y2-2. The summed E-state index contributed by atoms with van der Waals surface area (Å²) in [7, 11) is 0. The van der Waals surface area contributed by atoms with Crippen LogP contribution in [0.25, 0.3) is 0 Å². The van der Waals surface area contributed by atoms with Gasteiger partial charge in [0.25, 0.3) is 0 Å². The average molecular weight is 220 g/mol. The largest absolute Gasteiger partial charge is 0.372 e. The minimum Gasteiger partial charge on any atom is -0.372 e. The molecule has 0 bridgehead atoms. The van der Waals surface area contributed by atoms with Gasteiger partial charge in [-0.3, -0.25) is 0 Å². The van der Waals surface area contributed by atoms with E-state index in [1.165, 1.54) is 0 Å². The average Bonchev–Trinajstić information content (AvgIpc) is 0.918. The minimum atomic E-state index is 0. The first-order valence-corrected chi connectivity index (χ1v) is 1.000. The second-order valence-corrected chi connectivity index (χ2v) is 0.354. The van der Waals surface area contributed by atoms with Gasteiger partial charge in [-0.15, -0.1) is 0 Å². The van der Waals surface area contributed by atoms with Crippen molar-refractivity contribution in [3.8, 4) is 0 Å².